The standard InChI is InChI=1S/C16H15F4N3O/c1-8-2-3-12-9(4-8)6-23(22-12)7-13(24)21-16-14(19)10(17)5-11(18)15(16)20/h5-6,8H,2-4,7H2,1H3,(H,21,24)/t8-/m0/s1. The average molecular weight is 341 g/mol. The molecule has 0 radical (unpaired) electrons. The van der Waals surface area contributed by atoms with Gasteiger partial charge in [0.25, 0.3) is 0 Å². The molecule has 1 aromatic carbocycles. The van der Waals surface area contributed by atoms with Gasteiger partial charge in [-0.15, -0.1) is 0 Å². The van der Waals surface area contributed by atoms with Gasteiger partial charge in [-0.2, -0.15) is 5.10 Å². The minimum Gasteiger partial charge on any atom is -0.319 e. The van der Waals surface area contributed by atoms with Crippen LogP contribution in [-0.4, -0.2) is 15.7 Å². The van der Waals surface area contributed by atoms with Gasteiger partial charge in [0.15, 0.2) is 23.3 Å². The lowest BCUT2D eigenvalue weighted by Gasteiger charge is -2.15. The molecule has 3 rings (SSSR count). The monoisotopic (exact) mass is 341 g/mol. The van der Waals surface area contributed by atoms with Crippen LogP contribution in [0.25, 0.3) is 0 Å². The SMILES string of the molecule is C[C@H]1CCc2nn(CC(=O)Nc3c(F)c(F)cc(F)c3F)cc2C1. The van der Waals surface area contributed by atoms with Crippen molar-refractivity contribution in [2.75, 3.05) is 5.32 Å². The van der Waals surface area contributed by atoms with Crippen molar-refractivity contribution >= 4 is 11.6 Å². The van der Waals surface area contributed by atoms with E-state index in [-0.39, 0.29) is 12.6 Å². The number of aromatic nitrogens is 2. The van der Waals surface area contributed by atoms with Crippen molar-refractivity contribution in [3.8, 4) is 0 Å². The van der Waals surface area contributed by atoms with Crippen LogP contribution in [0.15, 0.2) is 12.3 Å². The smallest absolute Gasteiger partial charge is 0.246 e. The van der Waals surface area contributed by atoms with Gasteiger partial charge in [-0.3, -0.25) is 9.48 Å². The minimum absolute atomic E-state index is 0.0864. The van der Waals surface area contributed by atoms with Crippen molar-refractivity contribution in [1.82, 2.24) is 9.78 Å². The maximum Gasteiger partial charge on any atom is 0.246 e. The third-order valence-electron chi connectivity index (χ3n) is 4.05. The van der Waals surface area contributed by atoms with Crippen molar-refractivity contribution < 1.29 is 22.4 Å². The molecule has 8 heteroatoms. The number of rotatable bonds is 3. The van der Waals surface area contributed by atoms with Gasteiger partial charge in [0.2, 0.25) is 5.91 Å². The number of halogens is 4. The number of fused-ring (bicyclic) bond motifs is 1. The van der Waals surface area contributed by atoms with E-state index < -0.39 is 34.9 Å². The van der Waals surface area contributed by atoms with Crippen molar-refractivity contribution in [2.24, 2.45) is 5.92 Å². The first-order chi connectivity index (χ1) is 11.3. The first kappa shape index (κ1) is 16.5. The highest BCUT2D eigenvalue weighted by Gasteiger charge is 2.22. The van der Waals surface area contributed by atoms with E-state index >= 15 is 0 Å². The zero-order valence-electron chi connectivity index (χ0n) is 12.9. The summed E-state index contributed by atoms with van der Waals surface area (Å²) in [7, 11) is 0. The molecule has 1 aromatic heterocycles. The van der Waals surface area contributed by atoms with Gasteiger partial charge >= 0.3 is 0 Å². The molecule has 1 N–H and O–H groups in total. The van der Waals surface area contributed by atoms with E-state index in [1.165, 1.54) is 4.68 Å². The van der Waals surface area contributed by atoms with Gasteiger partial charge in [0.1, 0.15) is 12.2 Å². The van der Waals surface area contributed by atoms with Gasteiger partial charge in [-0.05, 0) is 30.7 Å². The largest absolute Gasteiger partial charge is 0.319 e. The van der Waals surface area contributed by atoms with Crippen molar-refractivity contribution in [1.29, 1.82) is 0 Å². The van der Waals surface area contributed by atoms with E-state index in [0.29, 0.717) is 5.92 Å². The summed E-state index contributed by atoms with van der Waals surface area (Å²) in [6.45, 7) is 1.81. The fourth-order valence-corrected chi connectivity index (χ4v) is 2.83. The van der Waals surface area contributed by atoms with E-state index in [1.54, 1.807) is 6.20 Å². The molecule has 0 bridgehead atoms. The molecule has 0 fully saturated rings. The van der Waals surface area contributed by atoms with Crippen molar-refractivity contribution in [3.63, 3.8) is 0 Å². The topological polar surface area (TPSA) is 46.9 Å². The van der Waals surface area contributed by atoms with Gasteiger partial charge in [-0.1, -0.05) is 6.92 Å². The van der Waals surface area contributed by atoms with Crippen molar-refractivity contribution in [2.45, 2.75) is 32.7 Å². The maximum atomic E-state index is 13.6. The van der Waals surface area contributed by atoms with E-state index in [1.807, 2.05) is 5.32 Å². The first-order valence-electron chi connectivity index (χ1n) is 7.53. The van der Waals surface area contributed by atoms with Crippen LogP contribution in [0.2, 0.25) is 0 Å². The Morgan fingerprint density at radius 1 is 1.29 bits per heavy atom. The Bertz CT molecular complexity index is 777. The molecule has 128 valence electrons. The normalized spacial score (nSPS) is 16.8. The molecule has 0 aliphatic heterocycles. The number of amides is 1. The van der Waals surface area contributed by atoms with E-state index in [0.717, 1.165) is 30.5 Å². The highest BCUT2D eigenvalue weighted by atomic mass is 19.2. The second-order valence-corrected chi connectivity index (χ2v) is 6.04. The quantitative estimate of drug-likeness (QED) is 0.688. The lowest BCUT2D eigenvalue weighted by Crippen LogP contribution is -2.21. The zero-order chi connectivity index (χ0) is 17.4. The lowest BCUT2D eigenvalue weighted by atomic mass is 9.89. The predicted octanol–water partition coefficient (Wildman–Crippen LogP) is 3.20. The average Bonchev–Trinajstić information content (AvgIpc) is 2.90. The molecule has 4 nitrogen and oxygen atoms in total. The van der Waals surface area contributed by atoms with Crippen molar-refractivity contribution in [3.05, 3.63) is 46.8 Å². The van der Waals surface area contributed by atoms with Crippen LogP contribution in [0.3, 0.4) is 0 Å². The molecule has 1 atom stereocenters. The minimum atomic E-state index is -1.64. The number of benzene rings is 1. The first-order valence-corrected chi connectivity index (χ1v) is 7.53. The number of carbonyl (C=O) groups is 1. The molecule has 1 aliphatic carbocycles. The molecule has 0 saturated heterocycles. The molecule has 0 unspecified atom stereocenters. The summed E-state index contributed by atoms with van der Waals surface area (Å²) in [6, 6.07) is 0.0864. The van der Waals surface area contributed by atoms with E-state index in [4.69, 9.17) is 0 Å². The molecule has 24 heavy (non-hydrogen) atoms. The summed E-state index contributed by atoms with van der Waals surface area (Å²) in [5.41, 5.74) is 0.800. The summed E-state index contributed by atoms with van der Waals surface area (Å²) in [6.07, 6.45) is 4.39. The van der Waals surface area contributed by atoms with Crippen LogP contribution in [0, 0.1) is 29.2 Å². The fourth-order valence-electron chi connectivity index (χ4n) is 2.83. The lowest BCUT2D eigenvalue weighted by molar-refractivity contribution is -0.117. The molecule has 1 heterocycles. The Kier molecular flexibility index (Phi) is 4.29. The Morgan fingerprint density at radius 2 is 1.96 bits per heavy atom. The molecule has 0 saturated carbocycles. The van der Waals surface area contributed by atoms with Crippen LogP contribution in [-0.2, 0) is 24.2 Å². The fraction of sp³-hybridized carbons (Fsp3) is 0.375. The number of aryl methyl sites for hydroxylation is 1. The zero-order valence-corrected chi connectivity index (χ0v) is 12.9. The second-order valence-electron chi connectivity index (χ2n) is 6.04. The molecule has 1 amide bonds. The van der Waals surface area contributed by atoms with E-state index in [2.05, 4.69) is 12.0 Å². The van der Waals surface area contributed by atoms with Gasteiger partial charge in [-0.25, -0.2) is 17.6 Å². The highest BCUT2D eigenvalue weighted by Crippen LogP contribution is 2.25. The summed E-state index contributed by atoms with van der Waals surface area (Å²) < 4.78 is 54.7. The molecular formula is C16H15F4N3O. The molecule has 0 spiro atoms. The van der Waals surface area contributed by atoms with Crippen LogP contribution in [0.5, 0.6) is 0 Å². The Morgan fingerprint density at radius 3 is 2.62 bits per heavy atom. The van der Waals surface area contributed by atoms with Gasteiger partial charge in [0.05, 0.1) is 5.69 Å². The van der Waals surface area contributed by atoms with Crippen LogP contribution in [0.4, 0.5) is 23.2 Å². The van der Waals surface area contributed by atoms with Crippen LogP contribution >= 0.6 is 0 Å². The number of hydrogen-bond acceptors (Lipinski definition) is 2. The predicted molar refractivity (Wildman–Crippen MR) is 78.3 cm³/mol. The number of nitrogens with zero attached hydrogens (tertiary/aromatic N) is 2. The Balaban J connectivity index is 1.75. The number of nitrogens with one attached hydrogen (secondary N) is 1. The van der Waals surface area contributed by atoms with Gasteiger partial charge in [0, 0.05) is 12.3 Å². The molecule has 1 aliphatic rings. The Hall–Kier alpha value is -2.38. The van der Waals surface area contributed by atoms with Crippen LogP contribution < -0.4 is 5.32 Å². The van der Waals surface area contributed by atoms with Gasteiger partial charge < -0.3 is 5.32 Å². The Labute approximate surface area is 135 Å². The van der Waals surface area contributed by atoms with E-state index in [9.17, 15) is 22.4 Å². The second kappa shape index (κ2) is 6.26. The highest BCUT2D eigenvalue weighted by molar-refractivity contribution is 5.90. The summed E-state index contributed by atoms with van der Waals surface area (Å²) >= 11 is 0. The number of hydrogen-bond donors (Lipinski definition) is 1. The summed E-state index contributed by atoms with van der Waals surface area (Å²) in [4.78, 5) is 11.9. The summed E-state index contributed by atoms with van der Waals surface area (Å²) in [5.74, 6) is -6.74. The molecular weight excluding hydrogens is 326 g/mol. The van der Waals surface area contributed by atoms with Crippen LogP contribution in [0.1, 0.15) is 24.6 Å². The number of carbonyl (C=O) groups excluding carboxylic acids is 1. The summed E-state index contributed by atoms with van der Waals surface area (Å²) in [5, 5.41) is 6.13. The maximum absolute atomic E-state index is 13.6. The third-order valence-corrected chi connectivity index (χ3v) is 4.05. The third kappa shape index (κ3) is 3.13. The number of anilines is 1. The molecule has 2 aromatic rings.